The molecule has 0 aliphatic rings. The van der Waals surface area contributed by atoms with E-state index in [1.54, 1.807) is 0 Å². The molecule has 1 unspecified atom stereocenters. The molecule has 0 radical (unpaired) electrons. The predicted octanol–water partition coefficient (Wildman–Crippen LogP) is 8.26. The summed E-state index contributed by atoms with van der Waals surface area (Å²) in [5, 5.41) is 0. The molecule has 0 fully saturated rings. The first kappa shape index (κ1) is 23.4. The molecule has 0 spiro atoms. The molecule has 0 aliphatic carbocycles. The highest BCUT2D eigenvalue weighted by Gasteiger charge is 2.10. The van der Waals surface area contributed by atoms with Crippen LogP contribution in [-0.2, 0) is 12.8 Å². The maximum absolute atomic E-state index is 5.84. The van der Waals surface area contributed by atoms with Crippen molar-refractivity contribution in [1.82, 2.24) is 4.98 Å². The number of rotatable bonds is 6. The van der Waals surface area contributed by atoms with Gasteiger partial charge in [-0.15, -0.1) is 0 Å². The Kier molecular flexibility index (Phi) is 7.10. The van der Waals surface area contributed by atoms with Crippen LogP contribution in [0.1, 0.15) is 41.0 Å². The fraction of sp³-hybridized carbons (Fsp3) is 0.147. The lowest BCUT2D eigenvalue weighted by Gasteiger charge is -2.13. The summed E-state index contributed by atoms with van der Waals surface area (Å²) in [6, 6.07) is 38.0. The maximum Gasteiger partial charge on any atom is 0.226 e. The number of benzene rings is 4. The molecule has 5 aromatic rings. The number of hydrogen-bond donors (Lipinski definition) is 0. The van der Waals surface area contributed by atoms with E-state index in [-0.39, 0.29) is 0 Å². The maximum atomic E-state index is 5.84. The Bertz CT molecular complexity index is 1470. The number of nitrogens with zero attached hydrogens (tertiary/aromatic N) is 1. The molecule has 2 nitrogen and oxygen atoms in total. The predicted molar refractivity (Wildman–Crippen MR) is 148 cm³/mol. The molecule has 4 aromatic carbocycles. The van der Waals surface area contributed by atoms with E-state index < -0.39 is 0 Å². The highest BCUT2D eigenvalue weighted by atomic mass is 16.4. The Morgan fingerprint density at radius 1 is 0.722 bits per heavy atom. The first-order valence-electron chi connectivity index (χ1n) is 12.4. The van der Waals surface area contributed by atoms with Gasteiger partial charge in [-0.05, 0) is 65.8 Å². The standard InChI is InChI=1S/C34H29NO/c1-25(29-20-22-31(23-21-29)30-11-5-3-6-12-30)24-28-18-16-27(17-19-28)10-9-15-33-26(2)36-34(35-33)32-13-7-4-8-14-32/h3-8,11-14,16-23,25H,15,24H2,1-2H3. The molecule has 0 amide bonds. The van der Waals surface area contributed by atoms with Gasteiger partial charge in [0.25, 0.3) is 0 Å². The molecule has 176 valence electrons. The Hall–Kier alpha value is -4.35. The number of oxazole rings is 1. The zero-order valence-electron chi connectivity index (χ0n) is 20.7. The molecule has 0 N–H and O–H groups in total. The molecule has 1 aromatic heterocycles. The van der Waals surface area contributed by atoms with Gasteiger partial charge in [-0.2, -0.15) is 0 Å². The Balaban J connectivity index is 1.19. The molecular weight excluding hydrogens is 438 g/mol. The summed E-state index contributed by atoms with van der Waals surface area (Å²) in [6.07, 6.45) is 1.57. The number of aryl methyl sites for hydroxylation is 1. The zero-order valence-corrected chi connectivity index (χ0v) is 20.7. The smallest absolute Gasteiger partial charge is 0.226 e. The van der Waals surface area contributed by atoms with E-state index >= 15 is 0 Å². The third-order valence-electron chi connectivity index (χ3n) is 6.48. The molecule has 0 bridgehead atoms. The normalized spacial score (nSPS) is 11.5. The third kappa shape index (κ3) is 5.65. The van der Waals surface area contributed by atoms with Crippen molar-refractivity contribution in [3.8, 4) is 34.4 Å². The molecule has 0 aliphatic heterocycles. The first-order chi connectivity index (χ1) is 17.7. The minimum Gasteiger partial charge on any atom is -0.441 e. The molecule has 36 heavy (non-hydrogen) atoms. The van der Waals surface area contributed by atoms with Crippen LogP contribution >= 0.6 is 0 Å². The van der Waals surface area contributed by atoms with Crippen molar-refractivity contribution in [2.24, 2.45) is 0 Å². The Morgan fingerprint density at radius 2 is 1.33 bits per heavy atom. The minimum absolute atomic E-state index is 0.445. The monoisotopic (exact) mass is 467 g/mol. The molecule has 0 saturated carbocycles. The highest BCUT2D eigenvalue weighted by Crippen LogP contribution is 2.25. The van der Waals surface area contributed by atoms with Gasteiger partial charge in [-0.25, -0.2) is 4.98 Å². The van der Waals surface area contributed by atoms with Crippen molar-refractivity contribution in [3.05, 3.63) is 137 Å². The third-order valence-corrected chi connectivity index (χ3v) is 6.48. The van der Waals surface area contributed by atoms with Crippen LogP contribution in [0, 0.1) is 18.8 Å². The van der Waals surface area contributed by atoms with Gasteiger partial charge in [0.1, 0.15) is 5.76 Å². The Labute approximate surface area is 213 Å². The van der Waals surface area contributed by atoms with Crippen LogP contribution in [0.5, 0.6) is 0 Å². The van der Waals surface area contributed by atoms with Crippen LogP contribution < -0.4 is 0 Å². The zero-order chi connectivity index (χ0) is 24.7. The largest absolute Gasteiger partial charge is 0.441 e. The van der Waals surface area contributed by atoms with Gasteiger partial charge >= 0.3 is 0 Å². The molecule has 0 saturated heterocycles. The molecular formula is C34H29NO. The summed E-state index contributed by atoms with van der Waals surface area (Å²) in [5.74, 6) is 8.45. The van der Waals surface area contributed by atoms with Gasteiger partial charge < -0.3 is 4.42 Å². The van der Waals surface area contributed by atoms with E-state index in [0.717, 1.165) is 29.0 Å². The van der Waals surface area contributed by atoms with Crippen molar-refractivity contribution in [3.63, 3.8) is 0 Å². The van der Waals surface area contributed by atoms with Crippen molar-refractivity contribution < 1.29 is 4.42 Å². The molecule has 1 atom stereocenters. The van der Waals surface area contributed by atoms with Gasteiger partial charge in [0.2, 0.25) is 5.89 Å². The van der Waals surface area contributed by atoms with Crippen molar-refractivity contribution in [2.75, 3.05) is 0 Å². The lowest BCUT2D eigenvalue weighted by Crippen LogP contribution is -1.98. The minimum atomic E-state index is 0.445. The fourth-order valence-electron chi connectivity index (χ4n) is 4.36. The lowest BCUT2D eigenvalue weighted by molar-refractivity contribution is 0.540. The summed E-state index contributed by atoms with van der Waals surface area (Å²) in [4.78, 5) is 4.64. The summed E-state index contributed by atoms with van der Waals surface area (Å²) in [7, 11) is 0. The van der Waals surface area contributed by atoms with Crippen LogP contribution in [0.25, 0.3) is 22.6 Å². The van der Waals surface area contributed by atoms with Crippen LogP contribution in [0.15, 0.2) is 114 Å². The first-order valence-corrected chi connectivity index (χ1v) is 12.4. The van der Waals surface area contributed by atoms with E-state index in [1.807, 2.05) is 37.3 Å². The second-order valence-corrected chi connectivity index (χ2v) is 9.16. The Morgan fingerprint density at radius 3 is 2.00 bits per heavy atom. The van der Waals surface area contributed by atoms with Gasteiger partial charge in [-0.1, -0.05) is 104 Å². The SMILES string of the molecule is Cc1oc(-c2ccccc2)nc1CC#Cc1ccc(CC(C)c2ccc(-c3ccccc3)cc2)cc1. The quantitative estimate of drug-likeness (QED) is 0.235. The van der Waals surface area contributed by atoms with Crippen LogP contribution in [-0.4, -0.2) is 4.98 Å². The lowest BCUT2D eigenvalue weighted by atomic mass is 9.92. The van der Waals surface area contributed by atoms with E-state index in [2.05, 4.69) is 103 Å². The van der Waals surface area contributed by atoms with Crippen LogP contribution in [0.2, 0.25) is 0 Å². The summed E-state index contributed by atoms with van der Waals surface area (Å²) < 4.78 is 5.84. The van der Waals surface area contributed by atoms with Gasteiger partial charge in [0.05, 0.1) is 12.1 Å². The van der Waals surface area contributed by atoms with E-state index in [9.17, 15) is 0 Å². The van der Waals surface area contributed by atoms with Crippen LogP contribution in [0.3, 0.4) is 0 Å². The van der Waals surface area contributed by atoms with Gasteiger partial charge in [-0.3, -0.25) is 0 Å². The summed E-state index contributed by atoms with van der Waals surface area (Å²) >= 11 is 0. The average Bonchev–Trinajstić information content (AvgIpc) is 3.31. The van der Waals surface area contributed by atoms with E-state index in [1.165, 1.54) is 22.3 Å². The number of aromatic nitrogens is 1. The molecule has 2 heteroatoms. The van der Waals surface area contributed by atoms with E-state index in [4.69, 9.17) is 4.42 Å². The van der Waals surface area contributed by atoms with Gasteiger partial charge in [0, 0.05) is 11.1 Å². The number of hydrogen-bond acceptors (Lipinski definition) is 2. The highest BCUT2D eigenvalue weighted by molar-refractivity contribution is 5.63. The summed E-state index contributed by atoms with van der Waals surface area (Å²) in [6.45, 7) is 4.23. The second-order valence-electron chi connectivity index (χ2n) is 9.16. The van der Waals surface area contributed by atoms with Crippen molar-refractivity contribution in [2.45, 2.75) is 32.6 Å². The molecule has 1 heterocycles. The van der Waals surface area contributed by atoms with Crippen molar-refractivity contribution >= 4 is 0 Å². The topological polar surface area (TPSA) is 26.0 Å². The van der Waals surface area contributed by atoms with Crippen molar-refractivity contribution in [1.29, 1.82) is 0 Å². The van der Waals surface area contributed by atoms with Crippen LogP contribution in [0.4, 0.5) is 0 Å². The second kappa shape index (κ2) is 10.9. The molecule has 5 rings (SSSR count). The summed E-state index contributed by atoms with van der Waals surface area (Å²) in [5.41, 5.74) is 8.08. The average molecular weight is 468 g/mol. The fourth-order valence-corrected chi connectivity index (χ4v) is 4.36. The van der Waals surface area contributed by atoms with Gasteiger partial charge in [0.15, 0.2) is 0 Å². The van der Waals surface area contributed by atoms with E-state index in [0.29, 0.717) is 18.2 Å².